The van der Waals surface area contributed by atoms with Crippen molar-refractivity contribution in [2.24, 2.45) is 0 Å². The standard InChI is InChI=1S/C15H23NO2S/c1-3-9-16-10-5-7-14(12-16)13-6-4-8-15(11-13)19(2,17)18/h4,6,8,11,14H,3,5,7,9-10,12H2,1-2H3/i2D3,4D,6D,8D,11D. The van der Waals surface area contributed by atoms with Crippen molar-refractivity contribution in [2.75, 3.05) is 25.8 Å². The van der Waals surface area contributed by atoms with E-state index in [-0.39, 0.29) is 17.5 Å². The number of hydrogen-bond donors (Lipinski definition) is 0. The molecule has 4 heteroatoms. The topological polar surface area (TPSA) is 37.4 Å². The van der Waals surface area contributed by atoms with E-state index in [1.54, 1.807) is 0 Å². The van der Waals surface area contributed by atoms with Crippen molar-refractivity contribution in [1.29, 1.82) is 0 Å². The van der Waals surface area contributed by atoms with Crippen LogP contribution in [0.4, 0.5) is 0 Å². The Labute approximate surface area is 126 Å². The highest BCUT2D eigenvalue weighted by Gasteiger charge is 2.21. The SMILES string of the molecule is [2H]c1c([2H])c(C2CCCN(CCC)C2)c([2H])c(S(=O)(=O)C([2H])([2H])[2H])c1[2H]. The van der Waals surface area contributed by atoms with E-state index >= 15 is 0 Å². The number of nitrogens with zero attached hydrogens (tertiary/aromatic N) is 1. The van der Waals surface area contributed by atoms with Crippen LogP contribution in [0.15, 0.2) is 29.1 Å². The number of likely N-dealkylation sites (tertiary alicyclic amines) is 1. The van der Waals surface area contributed by atoms with Gasteiger partial charge >= 0.3 is 0 Å². The van der Waals surface area contributed by atoms with E-state index in [0.717, 1.165) is 25.9 Å². The average Bonchev–Trinajstić information content (AvgIpc) is 2.52. The van der Waals surface area contributed by atoms with Crippen LogP contribution in [0.2, 0.25) is 0 Å². The van der Waals surface area contributed by atoms with Crippen LogP contribution in [0.3, 0.4) is 0 Å². The lowest BCUT2D eigenvalue weighted by Crippen LogP contribution is -2.34. The summed E-state index contributed by atoms with van der Waals surface area (Å²) in [7, 11) is -4.95. The molecule has 1 atom stereocenters. The van der Waals surface area contributed by atoms with Crippen molar-refractivity contribution in [3.05, 3.63) is 29.7 Å². The Hall–Kier alpha value is -0.870. The van der Waals surface area contributed by atoms with Gasteiger partial charge in [-0.05, 0) is 55.9 Å². The summed E-state index contributed by atoms with van der Waals surface area (Å²) in [5.74, 6) is -0.328. The molecule has 0 N–H and O–H groups in total. The van der Waals surface area contributed by atoms with E-state index in [1.807, 2.05) is 6.92 Å². The second kappa shape index (κ2) is 6.06. The summed E-state index contributed by atoms with van der Waals surface area (Å²) in [6.07, 6.45) is -1.06. The first-order valence-corrected chi connectivity index (χ1v) is 7.99. The Morgan fingerprint density at radius 2 is 2.37 bits per heavy atom. The van der Waals surface area contributed by atoms with Gasteiger partial charge in [-0.15, -0.1) is 0 Å². The van der Waals surface area contributed by atoms with Crippen molar-refractivity contribution in [3.8, 4) is 0 Å². The summed E-state index contributed by atoms with van der Waals surface area (Å²) in [4.78, 5) is 1.20. The van der Waals surface area contributed by atoms with Gasteiger partial charge in [0, 0.05) is 16.8 Å². The maximum Gasteiger partial charge on any atom is 0.175 e. The fourth-order valence-corrected chi connectivity index (χ4v) is 2.92. The molecule has 0 amide bonds. The van der Waals surface area contributed by atoms with Gasteiger partial charge in [0.05, 0.1) is 10.4 Å². The Balaban J connectivity index is 2.65. The Bertz CT molecular complexity index is 790. The molecule has 1 aromatic carbocycles. The minimum Gasteiger partial charge on any atom is -0.303 e. The van der Waals surface area contributed by atoms with Crippen LogP contribution in [0, 0.1) is 0 Å². The van der Waals surface area contributed by atoms with Crippen LogP contribution in [0.5, 0.6) is 0 Å². The number of sulfone groups is 1. The third kappa shape index (κ3) is 3.80. The van der Waals surface area contributed by atoms with Crippen molar-refractivity contribution >= 4 is 9.84 Å². The van der Waals surface area contributed by atoms with Crippen molar-refractivity contribution in [3.63, 3.8) is 0 Å². The smallest absolute Gasteiger partial charge is 0.175 e. The van der Waals surface area contributed by atoms with Crippen LogP contribution < -0.4 is 0 Å². The van der Waals surface area contributed by atoms with E-state index in [9.17, 15) is 8.42 Å². The molecule has 0 spiro atoms. The van der Waals surface area contributed by atoms with E-state index in [0.29, 0.717) is 13.0 Å². The summed E-state index contributed by atoms with van der Waals surface area (Å²) in [5, 5.41) is 0. The van der Waals surface area contributed by atoms with E-state index in [4.69, 9.17) is 9.60 Å². The lowest BCUT2D eigenvalue weighted by molar-refractivity contribution is 0.208. The summed E-state index contributed by atoms with van der Waals surface area (Å²) < 4.78 is 78.8. The third-order valence-corrected chi connectivity index (χ3v) is 4.09. The predicted octanol–water partition coefficient (Wildman–Crippen LogP) is 2.68. The summed E-state index contributed by atoms with van der Waals surface area (Å²) in [5.41, 5.74) is 0.0645. The first-order valence-electron chi connectivity index (χ1n) is 10.0. The van der Waals surface area contributed by atoms with E-state index in [2.05, 4.69) is 4.90 Å². The summed E-state index contributed by atoms with van der Waals surface area (Å²) >= 11 is 0. The van der Waals surface area contributed by atoms with Gasteiger partial charge in [0.25, 0.3) is 0 Å². The first-order chi connectivity index (χ1) is 11.9. The molecule has 0 radical (unpaired) electrons. The molecule has 0 aromatic heterocycles. The molecule has 1 fully saturated rings. The largest absolute Gasteiger partial charge is 0.303 e. The zero-order valence-corrected chi connectivity index (χ0v) is 11.8. The highest BCUT2D eigenvalue weighted by Crippen LogP contribution is 2.28. The van der Waals surface area contributed by atoms with Crippen LogP contribution in [0.1, 0.15) is 47.3 Å². The van der Waals surface area contributed by atoms with Gasteiger partial charge in [-0.25, -0.2) is 8.42 Å². The quantitative estimate of drug-likeness (QED) is 0.855. The molecule has 0 aliphatic carbocycles. The van der Waals surface area contributed by atoms with Crippen LogP contribution in [0.25, 0.3) is 0 Å². The molecular formula is C15H23NO2S. The molecule has 3 nitrogen and oxygen atoms in total. The highest BCUT2D eigenvalue weighted by atomic mass is 32.2. The zero-order valence-electron chi connectivity index (χ0n) is 18.0. The molecule has 0 saturated carbocycles. The Morgan fingerprint density at radius 1 is 1.53 bits per heavy atom. The maximum atomic E-state index is 12.4. The second-order valence-corrected chi connectivity index (χ2v) is 6.30. The average molecular weight is 288 g/mol. The fraction of sp³-hybridized carbons (Fsp3) is 0.600. The second-order valence-electron chi connectivity index (χ2n) is 4.89. The van der Waals surface area contributed by atoms with Gasteiger partial charge in [0.1, 0.15) is 0 Å². The molecule has 1 aliphatic heterocycles. The summed E-state index contributed by atoms with van der Waals surface area (Å²) in [6, 6.07) is -2.50. The lowest BCUT2D eigenvalue weighted by Gasteiger charge is -2.32. The van der Waals surface area contributed by atoms with Gasteiger partial charge in [0.2, 0.25) is 0 Å². The van der Waals surface area contributed by atoms with Gasteiger partial charge in [0.15, 0.2) is 9.84 Å². The molecular weight excluding hydrogens is 258 g/mol. The Kier molecular flexibility index (Phi) is 2.48. The van der Waals surface area contributed by atoms with Crippen LogP contribution in [-0.4, -0.2) is 39.1 Å². The number of piperidine rings is 1. The molecule has 106 valence electrons. The highest BCUT2D eigenvalue weighted by molar-refractivity contribution is 7.90. The van der Waals surface area contributed by atoms with Gasteiger partial charge < -0.3 is 4.90 Å². The van der Waals surface area contributed by atoms with Crippen molar-refractivity contribution in [1.82, 2.24) is 4.90 Å². The summed E-state index contributed by atoms with van der Waals surface area (Å²) in [6.45, 7) is 4.26. The Morgan fingerprint density at radius 3 is 3.11 bits per heavy atom. The van der Waals surface area contributed by atoms with Crippen LogP contribution in [-0.2, 0) is 9.84 Å². The molecule has 1 aliphatic rings. The fourth-order valence-electron chi connectivity index (χ4n) is 2.49. The van der Waals surface area contributed by atoms with Crippen molar-refractivity contribution < 1.29 is 18.0 Å². The van der Waals surface area contributed by atoms with Gasteiger partial charge in [-0.3, -0.25) is 0 Å². The molecule has 19 heavy (non-hydrogen) atoms. The molecule has 1 heterocycles. The minimum atomic E-state index is -4.95. The first kappa shape index (κ1) is 7.79. The third-order valence-electron chi connectivity index (χ3n) is 3.34. The number of benzene rings is 1. The van der Waals surface area contributed by atoms with Gasteiger partial charge in [-0.1, -0.05) is 19.0 Å². The maximum absolute atomic E-state index is 12.4. The van der Waals surface area contributed by atoms with E-state index in [1.165, 1.54) is 0 Å². The van der Waals surface area contributed by atoms with Gasteiger partial charge in [-0.2, -0.15) is 0 Å². The number of rotatable bonds is 4. The molecule has 1 aromatic rings. The predicted molar refractivity (Wildman–Crippen MR) is 78.3 cm³/mol. The molecule has 2 rings (SSSR count). The molecule has 1 unspecified atom stereocenters. The van der Waals surface area contributed by atoms with Crippen LogP contribution >= 0.6 is 0 Å². The van der Waals surface area contributed by atoms with Crippen molar-refractivity contribution in [2.45, 2.75) is 37.0 Å². The zero-order chi connectivity index (χ0) is 19.9. The lowest BCUT2D eigenvalue weighted by atomic mass is 9.90. The minimum absolute atomic E-state index is 0.0645. The number of hydrogen-bond acceptors (Lipinski definition) is 3. The monoisotopic (exact) mass is 288 g/mol. The van der Waals surface area contributed by atoms with E-state index < -0.39 is 39.0 Å². The molecule has 0 bridgehead atoms. The normalized spacial score (nSPS) is 27.4. The molecule has 1 saturated heterocycles.